The maximum absolute atomic E-state index is 12.1. The van der Waals surface area contributed by atoms with E-state index in [9.17, 15) is 4.79 Å². The summed E-state index contributed by atoms with van der Waals surface area (Å²) in [7, 11) is 0. The first-order valence-electron chi connectivity index (χ1n) is 6.74. The van der Waals surface area contributed by atoms with E-state index in [0.29, 0.717) is 11.0 Å². The van der Waals surface area contributed by atoms with Gasteiger partial charge >= 0.3 is 0 Å². The van der Waals surface area contributed by atoms with Gasteiger partial charge in [0.1, 0.15) is 4.47 Å². The highest BCUT2D eigenvalue weighted by Gasteiger charge is 2.08. The minimum Gasteiger partial charge on any atom is -0.382 e. The van der Waals surface area contributed by atoms with Gasteiger partial charge in [-0.1, -0.05) is 19.4 Å². The number of thiophene rings is 1. The van der Waals surface area contributed by atoms with E-state index in [2.05, 4.69) is 44.7 Å². The minimum absolute atomic E-state index is 0.0698. The Hall–Kier alpha value is -1.14. The molecule has 0 aliphatic heterocycles. The van der Waals surface area contributed by atoms with Gasteiger partial charge in [0.05, 0.1) is 11.9 Å². The van der Waals surface area contributed by atoms with Gasteiger partial charge in [0.25, 0.3) is 5.56 Å². The monoisotopic (exact) mass is 355 g/mol. The van der Waals surface area contributed by atoms with Gasteiger partial charge in [-0.3, -0.25) is 4.79 Å². The number of rotatable bonds is 7. The van der Waals surface area contributed by atoms with Gasteiger partial charge in [-0.25, -0.2) is 4.68 Å². The fourth-order valence-electron chi connectivity index (χ4n) is 1.83. The Morgan fingerprint density at radius 2 is 2.35 bits per heavy atom. The molecule has 2 aromatic heterocycles. The van der Waals surface area contributed by atoms with Crippen LogP contribution in [-0.2, 0) is 13.0 Å². The summed E-state index contributed by atoms with van der Waals surface area (Å²) < 4.78 is 2.08. The van der Waals surface area contributed by atoms with Crippen LogP contribution in [0.2, 0.25) is 0 Å². The third-order valence-electron chi connectivity index (χ3n) is 2.98. The molecule has 0 radical (unpaired) electrons. The number of nitrogens with zero attached hydrogens (tertiary/aromatic N) is 2. The number of hydrogen-bond acceptors (Lipinski definition) is 4. The molecule has 20 heavy (non-hydrogen) atoms. The third kappa shape index (κ3) is 3.93. The van der Waals surface area contributed by atoms with Gasteiger partial charge in [0, 0.05) is 18.0 Å². The molecule has 0 unspecified atom stereocenters. The van der Waals surface area contributed by atoms with Gasteiger partial charge < -0.3 is 5.32 Å². The van der Waals surface area contributed by atoms with Crippen LogP contribution in [0, 0.1) is 0 Å². The first-order valence-corrected chi connectivity index (χ1v) is 8.41. The molecular formula is C14H18BrN3OS. The van der Waals surface area contributed by atoms with Gasteiger partial charge in [-0.15, -0.1) is 11.3 Å². The van der Waals surface area contributed by atoms with E-state index in [0.717, 1.165) is 31.5 Å². The summed E-state index contributed by atoms with van der Waals surface area (Å²) in [5, 5.41) is 9.54. The van der Waals surface area contributed by atoms with Crippen molar-refractivity contribution in [2.75, 3.05) is 11.9 Å². The van der Waals surface area contributed by atoms with Crippen LogP contribution >= 0.6 is 27.3 Å². The van der Waals surface area contributed by atoms with Crippen LogP contribution in [0.1, 0.15) is 24.6 Å². The number of halogens is 1. The molecular weight excluding hydrogens is 338 g/mol. The van der Waals surface area contributed by atoms with E-state index in [1.807, 2.05) is 6.07 Å². The summed E-state index contributed by atoms with van der Waals surface area (Å²) in [6.45, 7) is 3.56. The molecule has 0 saturated carbocycles. The van der Waals surface area contributed by atoms with E-state index in [-0.39, 0.29) is 5.56 Å². The SMILES string of the molecule is CCCCn1ncc(NCCc2cccs2)c(Br)c1=O. The van der Waals surface area contributed by atoms with Crippen LogP contribution in [-0.4, -0.2) is 16.3 Å². The number of nitrogens with one attached hydrogen (secondary N) is 1. The van der Waals surface area contributed by atoms with Crippen molar-refractivity contribution in [3.63, 3.8) is 0 Å². The summed E-state index contributed by atoms with van der Waals surface area (Å²) in [6.07, 6.45) is 4.68. The van der Waals surface area contributed by atoms with Crippen molar-refractivity contribution in [1.82, 2.24) is 9.78 Å². The number of hydrogen-bond donors (Lipinski definition) is 1. The molecule has 0 amide bonds. The Labute approximate surface area is 131 Å². The maximum Gasteiger partial charge on any atom is 0.283 e. The van der Waals surface area contributed by atoms with Gasteiger partial charge in [-0.2, -0.15) is 5.10 Å². The van der Waals surface area contributed by atoms with E-state index in [1.165, 1.54) is 9.56 Å². The van der Waals surface area contributed by atoms with Crippen LogP contribution in [0.4, 0.5) is 5.69 Å². The molecule has 2 aromatic rings. The molecule has 0 bridgehead atoms. The Balaban J connectivity index is 1.98. The third-order valence-corrected chi connectivity index (χ3v) is 4.68. The van der Waals surface area contributed by atoms with Crippen molar-refractivity contribution in [1.29, 1.82) is 0 Å². The number of unbranched alkanes of at least 4 members (excludes halogenated alkanes) is 1. The first-order chi connectivity index (χ1) is 9.72. The van der Waals surface area contributed by atoms with Crippen LogP contribution in [0.3, 0.4) is 0 Å². The zero-order chi connectivity index (χ0) is 14.4. The molecule has 0 aromatic carbocycles. The zero-order valence-corrected chi connectivity index (χ0v) is 13.8. The minimum atomic E-state index is -0.0698. The lowest BCUT2D eigenvalue weighted by atomic mass is 10.3. The quantitative estimate of drug-likeness (QED) is 0.826. The lowest BCUT2D eigenvalue weighted by molar-refractivity contribution is 0.541. The molecule has 0 aliphatic rings. The largest absolute Gasteiger partial charge is 0.382 e. The van der Waals surface area contributed by atoms with Crippen molar-refractivity contribution < 1.29 is 0 Å². The Kier molecular flexibility index (Phi) is 5.79. The maximum atomic E-state index is 12.1. The average Bonchev–Trinajstić information content (AvgIpc) is 2.96. The summed E-state index contributed by atoms with van der Waals surface area (Å²) in [5.41, 5.74) is 0.693. The topological polar surface area (TPSA) is 46.9 Å². The highest BCUT2D eigenvalue weighted by Crippen LogP contribution is 2.17. The van der Waals surface area contributed by atoms with Gasteiger partial charge in [0.15, 0.2) is 0 Å². The highest BCUT2D eigenvalue weighted by molar-refractivity contribution is 9.10. The van der Waals surface area contributed by atoms with E-state index >= 15 is 0 Å². The summed E-state index contributed by atoms with van der Waals surface area (Å²) in [4.78, 5) is 13.4. The van der Waals surface area contributed by atoms with Crippen LogP contribution in [0.15, 0.2) is 33.0 Å². The molecule has 0 fully saturated rings. The second-order valence-corrected chi connectivity index (χ2v) is 6.34. The Morgan fingerprint density at radius 1 is 1.50 bits per heavy atom. The molecule has 0 spiro atoms. The standard InChI is InChI=1S/C14H18BrN3OS/c1-2-3-8-18-14(19)13(15)12(10-17-18)16-7-6-11-5-4-9-20-11/h4-5,9-10,16H,2-3,6-8H2,1H3. The van der Waals surface area contributed by atoms with E-state index < -0.39 is 0 Å². The fourth-order valence-corrected chi connectivity index (χ4v) is 2.99. The molecule has 2 rings (SSSR count). The molecule has 0 atom stereocenters. The predicted molar refractivity (Wildman–Crippen MR) is 87.6 cm³/mol. The van der Waals surface area contributed by atoms with Crippen LogP contribution in [0.5, 0.6) is 0 Å². The second kappa shape index (κ2) is 7.59. The van der Waals surface area contributed by atoms with Gasteiger partial charge in [-0.05, 0) is 40.2 Å². The molecule has 108 valence electrons. The second-order valence-electron chi connectivity index (χ2n) is 4.51. The predicted octanol–water partition coefficient (Wildman–Crippen LogP) is 3.52. The van der Waals surface area contributed by atoms with E-state index in [4.69, 9.17) is 0 Å². The lowest BCUT2D eigenvalue weighted by Gasteiger charge is -2.09. The Bertz CT molecular complexity index is 595. The molecule has 1 N–H and O–H groups in total. The van der Waals surface area contributed by atoms with E-state index in [1.54, 1.807) is 17.5 Å². The Morgan fingerprint density at radius 3 is 3.05 bits per heavy atom. The molecule has 0 aliphatic carbocycles. The molecule has 4 nitrogen and oxygen atoms in total. The number of aromatic nitrogens is 2. The number of anilines is 1. The smallest absolute Gasteiger partial charge is 0.283 e. The van der Waals surface area contributed by atoms with Gasteiger partial charge in [0.2, 0.25) is 0 Å². The van der Waals surface area contributed by atoms with Crippen LogP contribution in [0.25, 0.3) is 0 Å². The van der Waals surface area contributed by atoms with Crippen molar-refractivity contribution >= 4 is 33.0 Å². The first kappa shape index (κ1) is 15.3. The summed E-state index contributed by atoms with van der Waals surface area (Å²) in [6, 6.07) is 4.16. The summed E-state index contributed by atoms with van der Waals surface area (Å²) >= 11 is 5.11. The van der Waals surface area contributed by atoms with Crippen LogP contribution < -0.4 is 10.9 Å². The van der Waals surface area contributed by atoms with Crippen molar-refractivity contribution in [3.8, 4) is 0 Å². The van der Waals surface area contributed by atoms with Crippen molar-refractivity contribution in [3.05, 3.63) is 43.4 Å². The molecule has 2 heterocycles. The number of aryl methyl sites for hydroxylation is 1. The molecule has 0 saturated heterocycles. The average molecular weight is 356 g/mol. The zero-order valence-electron chi connectivity index (χ0n) is 11.4. The lowest BCUT2D eigenvalue weighted by Crippen LogP contribution is -2.24. The normalized spacial score (nSPS) is 10.7. The van der Waals surface area contributed by atoms with Crippen molar-refractivity contribution in [2.24, 2.45) is 0 Å². The summed E-state index contributed by atoms with van der Waals surface area (Å²) in [5.74, 6) is 0. The fraction of sp³-hybridized carbons (Fsp3) is 0.429. The molecule has 6 heteroatoms. The van der Waals surface area contributed by atoms with Crippen molar-refractivity contribution in [2.45, 2.75) is 32.7 Å². The highest BCUT2D eigenvalue weighted by atomic mass is 79.9.